The molecule has 0 fully saturated rings. The first-order valence-corrected chi connectivity index (χ1v) is 9.71. The molecule has 1 aliphatic rings. The van der Waals surface area contributed by atoms with E-state index in [1.165, 1.54) is 4.68 Å². The Hall–Kier alpha value is -4.23. The molecule has 0 amide bonds. The Labute approximate surface area is 174 Å². The third-order valence-corrected chi connectivity index (χ3v) is 4.97. The van der Waals surface area contributed by atoms with Gasteiger partial charge in [-0.25, -0.2) is 9.98 Å². The van der Waals surface area contributed by atoms with E-state index in [1.807, 2.05) is 54.6 Å². The Balaban J connectivity index is 1.79. The maximum absolute atomic E-state index is 9.66. The highest BCUT2D eigenvalue weighted by Crippen LogP contribution is 2.30. The van der Waals surface area contributed by atoms with E-state index in [4.69, 9.17) is 0 Å². The van der Waals surface area contributed by atoms with Gasteiger partial charge in [-0.05, 0) is 38.1 Å². The average molecular weight is 393 g/mol. The summed E-state index contributed by atoms with van der Waals surface area (Å²) in [6.45, 7) is 6.06. The zero-order valence-corrected chi connectivity index (χ0v) is 16.7. The average Bonchev–Trinajstić information content (AvgIpc) is 3.34. The normalized spacial score (nSPS) is 13.8. The van der Waals surface area contributed by atoms with Crippen molar-refractivity contribution in [3.05, 3.63) is 66.0 Å². The molecule has 0 atom stereocenters. The van der Waals surface area contributed by atoms with Gasteiger partial charge in [0.25, 0.3) is 0 Å². The lowest BCUT2D eigenvalue weighted by molar-refractivity contribution is 0.866. The third-order valence-electron chi connectivity index (χ3n) is 4.97. The Morgan fingerprint density at radius 3 is 2.20 bits per heavy atom. The van der Waals surface area contributed by atoms with Gasteiger partial charge >= 0.3 is 0 Å². The number of aliphatic imine (C=N–C) groups is 1. The number of nitrogens with zero attached hydrogens (tertiary/aromatic N) is 7. The molecule has 0 radical (unpaired) electrons. The molecule has 0 aliphatic carbocycles. The van der Waals surface area contributed by atoms with Gasteiger partial charge in [0.15, 0.2) is 17.5 Å². The minimum Gasteiger partial charge on any atom is -0.372 e. The van der Waals surface area contributed by atoms with Gasteiger partial charge in [-0.3, -0.25) is 0 Å². The van der Waals surface area contributed by atoms with Gasteiger partial charge in [0.1, 0.15) is 23.3 Å². The molecule has 2 aromatic carbocycles. The monoisotopic (exact) mass is 393 g/mol. The van der Waals surface area contributed by atoms with E-state index in [0.29, 0.717) is 23.2 Å². The molecular weight excluding hydrogens is 374 g/mol. The van der Waals surface area contributed by atoms with Crippen LogP contribution < -0.4 is 4.90 Å². The molecule has 1 aliphatic heterocycles. The highest BCUT2D eigenvalue weighted by molar-refractivity contribution is 6.16. The van der Waals surface area contributed by atoms with E-state index < -0.39 is 0 Å². The second-order valence-electron chi connectivity index (χ2n) is 6.63. The van der Waals surface area contributed by atoms with E-state index in [-0.39, 0.29) is 11.1 Å². The van der Waals surface area contributed by atoms with Gasteiger partial charge in [-0.15, -0.1) is 5.10 Å². The van der Waals surface area contributed by atoms with Gasteiger partial charge < -0.3 is 4.90 Å². The maximum Gasteiger partial charge on any atom is 0.182 e. The fraction of sp³-hybridized carbons (Fsp3) is 0.174. The van der Waals surface area contributed by atoms with Crippen molar-refractivity contribution in [2.24, 2.45) is 4.99 Å². The van der Waals surface area contributed by atoms with E-state index in [2.05, 4.69) is 46.0 Å². The molecule has 0 spiro atoms. The molecular formula is C23H19N7. The molecule has 0 unspecified atom stereocenters. The summed E-state index contributed by atoms with van der Waals surface area (Å²) in [5, 5.41) is 23.8. The Morgan fingerprint density at radius 1 is 0.933 bits per heavy atom. The molecule has 0 N–H and O–H groups in total. The Kier molecular flexibility index (Phi) is 5.11. The topological polar surface area (TPSA) is 93.9 Å². The summed E-state index contributed by atoms with van der Waals surface area (Å²) in [5.41, 5.74) is 2.98. The quantitative estimate of drug-likeness (QED) is 0.648. The van der Waals surface area contributed by atoms with Crippen molar-refractivity contribution in [3.8, 4) is 23.5 Å². The van der Waals surface area contributed by atoms with Crippen molar-refractivity contribution in [2.75, 3.05) is 18.0 Å². The number of aromatic nitrogens is 3. The predicted octanol–water partition coefficient (Wildman–Crippen LogP) is 4.18. The number of fused-ring (bicyclic) bond motifs is 1. The molecule has 0 bridgehead atoms. The van der Waals surface area contributed by atoms with E-state index >= 15 is 0 Å². The fourth-order valence-electron chi connectivity index (χ4n) is 3.42. The first-order chi connectivity index (χ1) is 14.7. The zero-order chi connectivity index (χ0) is 21.1. The summed E-state index contributed by atoms with van der Waals surface area (Å²) in [5.74, 6) is 1.14. The minimum atomic E-state index is 0.180. The van der Waals surface area contributed by atoms with Crippen LogP contribution in [-0.2, 0) is 0 Å². The Morgan fingerprint density at radius 2 is 1.60 bits per heavy atom. The number of rotatable bonds is 5. The number of allylic oxidation sites excluding steroid dienone is 2. The summed E-state index contributed by atoms with van der Waals surface area (Å²) >= 11 is 0. The van der Waals surface area contributed by atoms with Crippen LogP contribution >= 0.6 is 0 Å². The van der Waals surface area contributed by atoms with Crippen molar-refractivity contribution in [3.63, 3.8) is 0 Å². The van der Waals surface area contributed by atoms with Gasteiger partial charge in [0.2, 0.25) is 0 Å². The molecule has 7 heteroatoms. The first-order valence-electron chi connectivity index (χ1n) is 9.71. The maximum atomic E-state index is 9.66. The summed E-state index contributed by atoms with van der Waals surface area (Å²) in [6.07, 6.45) is 0. The summed E-state index contributed by atoms with van der Waals surface area (Å²) in [6, 6.07) is 21.5. The number of anilines is 1. The molecule has 4 rings (SSSR count). The van der Waals surface area contributed by atoms with Crippen molar-refractivity contribution < 1.29 is 0 Å². The SMILES string of the molecule is CCN(CC)c1ccc(/N=C2/C(C#N)=C(C#N)c3nc(-c4ccccc4)nn32)cc1. The van der Waals surface area contributed by atoms with Crippen LogP contribution in [0.5, 0.6) is 0 Å². The predicted molar refractivity (Wildman–Crippen MR) is 116 cm³/mol. The number of nitriles is 2. The molecule has 3 aromatic rings. The zero-order valence-electron chi connectivity index (χ0n) is 16.7. The van der Waals surface area contributed by atoms with Crippen LogP contribution in [-0.4, -0.2) is 33.7 Å². The molecule has 2 heterocycles. The standard InChI is InChI=1S/C23H19N7/c1-3-29(4-2)18-12-10-17(11-13-18)26-22-19(14-24)20(15-25)23-27-21(28-30(22)23)16-8-6-5-7-9-16/h5-13H,3-4H2,1-2H3/b26-22-. The van der Waals surface area contributed by atoms with Gasteiger partial charge in [-0.2, -0.15) is 15.2 Å². The minimum absolute atomic E-state index is 0.180. The van der Waals surface area contributed by atoms with E-state index in [0.717, 1.165) is 24.3 Å². The Bertz CT molecular complexity index is 1220. The van der Waals surface area contributed by atoms with Crippen molar-refractivity contribution in [1.82, 2.24) is 14.8 Å². The van der Waals surface area contributed by atoms with Crippen LogP contribution in [0.25, 0.3) is 17.0 Å². The molecule has 7 nitrogen and oxygen atoms in total. The van der Waals surface area contributed by atoms with Gasteiger partial charge in [0, 0.05) is 24.3 Å². The van der Waals surface area contributed by atoms with Crippen LogP contribution in [0.2, 0.25) is 0 Å². The lowest BCUT2D eigenvalue weighted by atomic mass is 10.1. The number of benzene rings is 2. The highest BCUT2D eigenvalue weighted by Gasteiger charge is 2.32. The molecule has 30 heavy (non-hydrogen) atoms. The summed E-state index contributed by atoms with van der Waals surface area (Å²) < 4.78 is 1.48. The van der Waals surface area contributed by atoms with Gasteiger partial charge in [-0.1, -0.05) is 30.3 Å². The lowest BCUT2D eigenvalue weighted by Crippen LogP contribution is -2.21. The van der Waals surface area contributed by atoms with E-state index in [9.17, 15) is 10.5 Å². The summed E-state index contributed by atoms with van der Waals surface area (Å²) in [7, 11) is 0. The van der Waals surface area contributed by atoms with E-state index in [1.54, 1.807) is 0 Å². The van der Waals surface area contributed by atoms with Crippen LogP contribution in [0.3, 0.4) is 0 Å². The van der Waals surface area contributed by atoms with Crippen molar-refractivity contribution in [2.45, 2.75) is 13.8 Å². The van der Waals surface area contributed by atoms with Crippen LogP contribution in [0, 0.1) is 22.7 Å². The number of hydrogen-bond acceptors (Lipinski definition) is 6. The van der Waals surface area contributed by atoms with Crippen LogP contribution in [0.4, 0.5) is 11.4 Å². The second-order valence-corrected chi connectivity index (χ2v) is 6.63. The smallest absolute Gasteiger partial charge is 0.182 e. The molecule has 0 saturated carbocycles. The van der Waals surface area contributed by atoms with Crippen LogP contribution in [0.15, 0.2) is 65.2 Å². The van der Waals surface area contributed by atoms with Crippen molar-refractivity contribution in [1.29, 1.82) is 10.5 Å². The number of hydrogen-bond donors (Lipinski definition) is 0. The largest absolute Gasteiger partial charge is 0.372 e. The molecule has 0 saturated heterocycles. The molecule has 146 valence electrons. The molecule has 1 aromatic heterocycles. The lowest BCUT2D eigenvalue weighted by Gasteiger charge is -2.20. The highest BCUT2D eigenvalue weighted by atomic mass is 15.4. The fourth-order valence-corrected chi connectivity index (χ4v) is 3.42. The second kappa shape index (κ2) is 8.02. The first kappa shape index (κ1) is 19.1. The third kappa shape index (κ3) is 3.23. The van der Waals surface area contributed by atoms with Gasteiger partial charge in [0.05, 0.1) is 5.69 Å². The van der Waals surface area contributed by atoms with Crippen LogP contribution in [0.1, 0.15) is 19.7 Å². The van der Waals surface area contributed by atoms with Crippen molar-refractivity contribution >= 4 is 22.8 Å². The summed E-state index contributed by atoms with van der Waals surface area (Å²) in [4.78, 5) is 11.4.